The quantitative estimate of drug-likeness (QED) is 0.152. The normalized spacial score (nSPS) is 12.1. The number of rotatable bonds is 6. The van der Waals surface area contributed by atoms with Crippen LogP contribution < -0.4 is 5.32 Å². The Morgan fingerprint density at radius 2 is 1.94 bits per heavy atom. The molecule has 3 aromatic heterocycles. The number of anilines is 1. The average molecular weight is 540 g/mol. The minimum absolute atomic E-state index is 0.211. The molecule has 0 atom stereocenters. The summed E-state index contributed by atoms with van der Waals surface area (Å²) < 4.78 is 2.06. The monoisotopic (exact) mass is 538 g/mol. The molecule has 36 heavy (non-hydrogen) atoms. The van der Waals surface area contributed by atoms with E-state index < -0.39 is 0 Å². The molecule has 0 aliphatic heterocycles. The molecule has 1 N–H and O–H groups in total. The molecule has 3 heterocycles. The minimum Gasteiger partial charge on any atom is -0.341 e. The highest BCUT2D eigenvalue weighted by Crippen LogP contribution is 2.46. The highest BCUT2D eigenvalue weighted by molar-refractivity contribution is 7.19. The van der Waals surface area contributed by atoms with E-state index in [-0.39, 0.29) is 5.54 Å². The summed E-state index contributed by atoms with van der Waals surface area (Å²) in [6.45, 7) is 14.6. The van der Waals surface area contributed by atoms with Crippen LogP contribution in [0.3, 0.4) is 0 Å². The molecule has 0 bridgehead atoms. The zero-order valence-corrected chi connectivity index (χ0v) is 23.3. The van der Waals surface area contributed by atoms with Crippen molar-refractivity contribution in [1.82, 2.24) is 19.5 Å². The van der Waals surface area contributed by atoms with Gasteiger partial charge in [0, 0.05) is 40.1 Å². The Balaban J connectivity index is 1.92. The SMILES string of the molecule is C=CCn1ccnc1-c1sc(-c2ncnc(C)c2NC(C)=NC(C)(C)C)cc1-c1ccc(Cl)cc1Cl. The van der Waals surface area contributed by atoms with Gasteiger partial charge >= 0.3 is 0 Å². The second-order valence-electron chi connectivity index (χ2n) is 9.35. The molecule has 0 saturated carbocycles. The second kappa shape index (κ2) is 10.5. The fourth-order valence-corrected chi connectivity index (χ4v) is 5.61. The van der Waals surface area contributed by atoms with Crippen molar-refractivity contribution in [3.8, 4) is 32.4 Å². The van der Waals surface area contributed by atoms with Crippen molar-refractivity contribution >= 4 is 46.1 Å². The molecule has 0 radical (unpaired) electrons. The number of halogens is 2. The summed E-state index contributed by atoms with van der Waals surface area (Å²) in [6.07, 6.45) is 7.16. The van der Waals surface area contributed by atoms with Crippen LogP contribution in [0.1, 0.15) is 33.4 Å². The van der Waals surface area contributed by atoms with Crippen LogP contribution in [0.4, 0.5) is 5.69 Å². The number of aliphatic imine (C=N–C) groups is 1. The molecule has 4 aromatic rings. The Hall–Kier alpha value is -3.00. The molecule has 0 aliphatic carbocycles. The third-order valence-corrected chi connectivity index (χ3v) is 6.96. The summed E-state index contributed by atoms with van der Waals surface area (Å²) in [7, 11) is 0. The van der Waals surface area contributed by atoms with Crippen LogP contribution in [0.5, 0.6) is 0 Å². The van der Waals surface area contributed by atoms with Gasteiger partial charge < -0.3 is 9.88 Å². The number of nitrogens with zero attached hydrogens (tertiary/aromatic N) is 5. The number of thiophene rings is 1. The minimum atomic E-state index is -0.211. The number of hydrogen-bond donors (Lipinski definition) is 1. The number of amidine groups is 1. The van der Waals surface area contributed by atoms with Gasteiger partial charge in [-0.15, -0.1) is 17.9 Å². The Morgan fingerprint density at radius 3 is 2.64 bits per heavy atom. The van der Waals surface area contributed by atoms with Gasteiger partial charge in [-0.1, -0.05) is 35.3 Å². The van der Waals surface area contributed by atoms with E-state index in [0.717, 1.165) is 49.6 Å². The fourth-order valence-electron chi connectivity index (χ4n) is 3.91. The van der Waals surface area contributed by atoms with Crippen molar-refractivity contribution < 1.29 is 0 Å². The molecule has 4 rings (SSSR count). The molecule has 0 amide bonds. The number of aryl methyl sites for hydroxylation is 1. The van der Waals surface area contributed by atoms with Gasteiger partial charge in [-0.3, -0.25) is 4.99 Å². The predicted molar refractivity (Wildman–Crippen MR) is 153 cm³/mol. The van der Waals surface area contributed by atoms with Crippen molar-refractivity contribution in [2.75, 3.05) is 5.32 Å². The highest BCUT2D eigenvalue weighted by atomic mass is 35.5. The van der Waals surface area contributed by atoms with Gasteiger partial charge in [0.2, 0.25) is 0 Å². The molecule has 0 saturated heterocycles. The smallest absolute Gasteiger partial charge is 0.150 e. The lowest BCUT2D eigenvalue weighted by atomic mass is 10.0. The lowest BCUT2D eigenvalue weighted by molar-refractivity contribution is 0.583. The van der Waals surface area contributed by atoms with Gasteiger partial charge in [0.05, 0.1) is 32.5 Å². The zero-order chi connectivity index (χ0) is 26.0. The number of aromatic nitrogens is 4. The summed E-state index contributed by atoms with van der Waals surface area (Å²) in [5.74, 6) is 1.62. The maximum atomic E-state index is 6.66. The number of hydrogen-bond acceptors (Lipinski definition) is 5. The number of allylic oxidation sites excluding steroid dienone is 1. The van der Waals surface area contributed by atoms with Crippen molar-refractivity contribution in [1.29, 1.82) is 0 Å². The third-order valence-electron chi connectivity index (χ3n) is 5.28. The van der Waals surface area contributed by atoms with Crippen molar-refractivity contribution in [2.45, 2.75) is 46.7 Å². The van der Waals surface area contributed by atoms with E-state index in [0.29, 0.717) is 16.6 Å². The van der Waals surface area contributed by atoms with E-state index in [1.54, 1.807) is 29.9 Å². The van der Waals surface area contributed by atoms with Gasteiger partial charge in [-0.25, -0.2) is 15.0 Å². The van der Waals surface area contributed by atoms with Gasteiger partial charge in [0.15, 0.2) is 5.82 Å². The Kier molecular flexibility index (Phi) is 7.64. The molecule has 6 nitrogen and oxygen atoms in total. The van der Waals surface area contributed by atoms with Gasteiger partial charge in [-0.2, -0.15) is 0 Å². The molecule has 0 fully saturated rings. The van der Waals surface area contributed by atoms with Crippen LogP contribution in [-0.4, -0.2) is 30.9 Å². The van der Waals surface area contributed by atoms with Gasteiger partial charge in [0.25, 0.3) is 0 Å². The van der Waals surface area contributed by atoms with Crippen molar-refractivity contribution in [3.63, 3.8) is 0 Å². The third kappa shape index (κ3) is 5.69. The van der Waals surface area contributed by atoms with Gasteiger partial charge in [0.1, 0.15) is 12.0 Å². The topological polar surface area (TPSA) is 68.0 Å². The summed E-state index contributed by atoms with van der Waals surface area (Å²) in [5, 5.41) is 4.60. The standard InChI is InChI=1S/C27H28Cl2N6S/c1-7-11-35-12-10-30-26(35)25-20(19-9-8-18(28)13-21(19)29)14-22(36-25)24-23(16(2)31-15-32-24)33-17(3)34-27(4,5)6/h7-10,12-15H,1,11H2,2-6H3,(H,33,34). The van der Waals surface area contributed by atoms with Crippen LogP contribution >= 0.6 is 34.5 Å². The number of benzene rings is 1. The van der Waals surface area contributed by atoms with E-state index in [4.69, 9.17) is 28.2 Å². The summed E-state index contributed by atoms with van der Waals surface area (Å²) in [5.41, 5.74) is 4.05. The predicted octanol–water partition coefficient (Wildman–Crippen LogP) is 8.17. The molecule has 186 valence electrons. The molecule has 1 aromatic carbocycles. The summed E-state index contributed by atoms with van der Waals surface area (Å²) in [4.78, 5) is 20.4. The van der Waals surface area contributed by atoms with Crippen LogP contribution in [-0.2, 0) is 6.54 Å². The van der Waals surface area contributed by atoms with Crippen LogP contribution in [0.25, 0.3) is 32.4 Å². The number of nitrogens with one attached hydrogen (secondary N) is 1. The Morgan fingerprint density at radius 1 is 1.17 bits per heavy atom. The van der Waals surface area contributed by atoms with E-state index in [1.165, 1.54) is 0 Å². The first-order chi connectivity index (χ1) is 17.1. The fraction of sp³-hybridized carbons (Fsp3) is 0.259. The first kappa shape index (κ1) is 26.1. The maximum Gasteiger partial charge on any atom is 0.150 e. The van der Waals surface area contributed by atoms with E-state index >= 15 is 0 Å². The van der Waals surface area contributed by atoms with Crippen LogP contribution in [0.15, 0.2) is 60.6 Å². The average Bonchev–Trinajstić information content (AvgIpc) is 3.41. The van der Waals surface area contributed by atoms with E-state index in [9.17, 15) is 0 Å². The Labute approximate surface area is 225 Å². The van der Waals surface area contributed by atoms with Crippen LogP contribution in [0, 0.1) is 6.92 Å². The van der Waals surface area contributed by atoms with Gasteiger partial charge in [-0.05, 0) is 52.8 Å². The molecule has 0 spiro atoms. The van der Waals surface area contributed by atoms with Crippen molar-refractivity contribution in [2.24, 2.45) is 4.99 Å². The zero-order valence-electron chi connectivity index (χ0n) is 20.9. The lowest BCUT2D eigenvalue weighted by Gasteiger charge is -2.17. The second-order valence-corrected chi connectivity index (χ2v) is 11.2. The lowest BCUT2D eigenvalue weighted by Crippen LogP contribution is -2.18. The van der Waals surface area contributed by atoms with Crippen molar-refractivity contribution in [3.05, 3.63) is 71.4 Å². The molecular weight excluding hydrogens is 511 g/mol. The largest absolute Gasteiger partial charge is 0.341 e. The highest BCUT2D eigenvalue weighted by Gasteiger charge is 2.22. The summed E-state index contributed by atoms with van der Waals surface area (Å²) in [6, 6.07) is 7.63. The van der Waals surface area contributed by atoms with E-state index in [1.807, 2.05) is 38.3 Å². The molecular formula is C27H28Cl2N6S. The molecule has 0 aliphatic rings. The van der Waals surface area contributed by atoms with E-state index in [2.05, 4.69) is 58.3 Å². The van der Waals surface area contributed by atoms with Crippen LogP contribution in [0.2, 0.25) is 10.0 Å². The Bertz CT molecular complexity index is 1440. The number of imidazole rings is 1. The molecule has 0 unspecified atom stereocenters. The molecule has 9 heteroatoms. The summed E-state index contributed by atoms with van der Waals surface area (Å²) >= 11 is 14.5. The maximum absolute atomic E-state index is 6.66. The first-order valence-corrected chi connectivity index (χ1v) is 13.0. The first-order valence-electron chi connectivity index (χ1n) is 11.4.